The number of carbonyl (C=O) groups is 2. The first-order valence-electron chi connectivity index (χ1n) is 14.8. The molecule has 5 rings (SSSR count). The van der Waals surface area contributed by atoms with Gasteiger partial charge in [-0.3, -0.25) is 9.59 Å². The van der Waals surface area contributed by atoms with Crippen LogP contribution in [0.25, 0.3) is 10.8 Å². The van der Waals surface area contributed by atoms with Crippen molar-refractivity contribution in [2.45, 2.75) is 58.4 Å². The monoisotopic (exact) mass is 549 g/mol. The molecule has 2 aliphatic rings. The van der Waals surface area contributed by atoms with Crippen LogP contribution in [-0.2, 0) is 10.2 Å². The summed E-state index contributed by atoms with van der Waals surface area (Å²) in [6, 6.07) is 20.1. The number of likely N-dealkylation sites (N-methyl/N-ethyl adjacent to an activating group) is 1. The SMILES string of the molecule is Cc1ccc2ccccc2c1C(=O)N1CCCC(C(=O)Nc2cccc(C(C)(C)C)c2)[C@@H]1C1C=CC(N(C)C)=CC1. The molecule has 1 fully saturated rings. The lowest BCUT2D eigenvalue weighted by Gasteiger charge is -2.45. The third-order valence-electron chi connectivity index (χ3n) is 8.70. The predicted molar refractivity (Wildman–Crippen MR) is 169 cm³/mol. The second kappa shape index (κ2) is 11.6. The fraction of sp³-hybridized carbons (Fsp3) is 0.389. The van der Waals surface area contributed by atoms with Gasteiger partial charge in [0.15, 0.2) is 0 Å². The quantitative estimate of drug-likeness (QED) is 0.363. The normalized spacial score (nSPS) is 21.0. The number of aryl methyl sites for hydroxylation is 1. The minimum absolute atomic E-state index is 0.0102. The fourth-order valence-corrected chi connectivity index (χ4v) is 6.39. The van der Waals surface area contributed by atoms with Crippen LogP contribution < -0.4 is 5.32 Å². The number of anilines is 1. The molecule has 3 aromatic carbocycles. The second-order valence-corrected chi connectivity index (χ2v) is 12.8. The van der Waals surface area contributed by atoms with Crippen LogP contribution in [0.2, 0.25) is 0 Å². The van der Waals surface area contributed by atoms with Crippen molar-refractivity contribution in [1.29, 1.82) is 0 Å². The number of rotatable bonds is 5. The van der Waals surface area contributed by atoms with Crippen molar-refractivity contribution in [2.24, 2.45) is 11.8 Å². The van der Waals surface area contributed by atoms with Crippen LogP contribution in [0.15, 0.2) is 84.6 Å². The number of allylic oxidation sites excluding steroid dienone is 2. The van der Waals surface area contributed by atoms with Gasteiger partial charge in [0.1, 0.15) is 0 Å². The van der Waals surface area contributed by atoms with Gasteiger partial charge in [-0.2, -0.15) is 0 Å². The summed E-state index contributed by atoms with van der Waals surface area (Å²) in [4.78, 5) is 32.6. The first kappa shape index (κ1) is 28.7. The zero-order valence-corrected chi connectivity index (χ0v) is 25.3. The van der Waals surface area contributed by atoms with E-state index < -0.39 is 0 Å². The van der Waals surface area contributed by atoms with Gasteiger partial charge in [0, 0.05) is 37.9 Å². The zero-order chi connectivity index (χ0) is 29.3. The van der Waals surface area contributed by atoms with Crippen LogP contribution in [-0.4, -0.2) is 48.3 Å². The van der Waals surface area contributed by atoms with E-state index in [-0.39, 0.29) is 35.1 Å². The van der Waals surface area contributed by atoms with Gasteiger partial charge in [0.2, 0.25) is 5.91 Å². The topological polar surface area (TPSA) is 52.7 Å². The molecule has 0 saturated carbocycles. The number of piperidine rings is 1. The van der Waals surface area contributed by atoms with Crippen molar-refractivity contribution in [3.8, 4) is 0 Å². The second-order valence-electron chi connectivity index (χ2n) is 12.8. The molecule has 1 N–H and O–H groups in total. The molecular weight excluding hydrogens is 506 g/mol. The van der Waals surface area contributed by atoms with Crippen molar-refractivity contribution in [2.75, 3.05) is 26.0 Å². The molecule has 0 bridgehead atoms. The van der Waals surface area contributed by atoms with E-state index in [1.165, 1.54) is 5.56 Å². The Bertz CT molecular complexity index is 1510. The van der Waals surface area contributed by atoms with Crippen molar-refractivity contribution < 1.29 is 9.59 Å². The number of nitrogens with one attached hydrogen (secondary N) is 1. The number of hydrogen-bond acceptors (Lipinski definition) is 3. The summed E-state index contributed by atoms with van der Waals surface area (Å²) in [5.74, 6) is -0.253. The van der Waals surface area contributed by atoms with E-state index in [4.69, 9.17) is 0 Å². The van der Waals surface area contributed by atoms with Gasteiger partial charge in [-0.1, -0.05) is 81.5 Å². The first-order chi connectivity index (χ1) is 19.5. The first-order valence-corrected chi connectivity index (χ1v) is 14.8. The van der Waals surface area contributed by atoms with Gasteiger partial charge in [-0.05, 0) is 71.7 Å². The lowest BCUT2D eigenvalue weighted by atomic mass is 9.77. The maximum atomic E-state index is 14.5. The van der Waals surface area contributed by atoms with Crippen LogP contribution in [0, 0.1) is 18.8 Å². The van der Waals surface area contributed by atoms with Crippen LogP contribution >= 0.6 is 0 Å². The summed E-state index contributed by atoms with van der Waals surface area (Å²) in [5.41, 5.74) is 4.83. The van der Waals surface area contributed by atoms with Gasteiger partial charge in [-0.25, -0.2) is 0 Å². The van der Waals surface area contributed by atoms with Crippen molar-refractivity contribution >= 4 is 28.3 Å². The highest BCUT2D eigenvalue weighted by atomic mass is 16.2. The Hall–Kier alpha value is -3.86. The Morgan fingerprint density at radius 2 is 1.78 bits per heavy atom. The number of benzene rings is 3. The summed E-state index contributed by atoms with van der Waals surface area (Å²) in [7, 11) is 4.08. The maximum absolute atomic E-state index is 14.5. The predicted octanol–water partition coefficient (Wildman–Crippen LogP) is 7.33. The summed E-state index contributed by atoms with van der Waals surface area (Å²) in [6.45, 7) is 9.18. The molecule has 41 heavy (non-hydrogen) atoms. The molecular formula is C36H43N3O2. The van der Waals surface area contributed by atoms with E-state index in [0.717, 1.165) is 52.5 Å². The third kappa shape index (κ3) is 5.95. The number of likely N-dealkylation sites (tertiary alicyclic amines) is 1. The Morgan fingerprint density at radius 3 is 2.49 bits per heavy atom. The molecule has 0 spiro atoms. The van der Waals surface area contributed by atoms with Crippen LogP contribution in [0.1, 0.15) is 61.5 Å². The highest BCUT2D eigenvalue weighted by Crippen LogP contribution is 2.37. The van der Waals surface area contributed by atoms with E-state index in [1.807, 2.05) is 62.3 Å². The largest absolute Gasteiger partial charge is 0.378 e. The smallest absolute Gasteiger partial charge is 0.255 e. The van der Waals surface area contributed by atoms with Gasteiger partial charge >= 0.3 is 0 Å². The molecule has 214 valence electrons. The van der Waals surface area contributed by atoms with Gasteiger partial charge in [-0.15, -0.1) is 0 Å². The number of hydrogen-bond donors (Lipinski definition) is 1. The third-order valence-corrected chi connectivity index (χ3v) is 8.70. The summed E-state index contributed by atoms with van der Waals surface area (Å²) < 4.78 is 0. The highest BCUT2D eigenvalue weighted by molar-refractivity contribution is 6.08. The van der Waals surface area contributed by atoms with E-state index in [9.17, 15) is 9.59 Å². The number of nitrogens with zero attached hydrogens (tertiary/aromatic N) is 2. The minimum atomic E-state index is -0.315. The van der Waals surface area contributed by atoms with Crippen molar-refractivity contribution in [1.82, 2.24) is 9.80 Å². The van der Waals surface area contributed by atoms with Gasteiger partial charge < -0.3 is 15.1 Å². The molecule has 3 aromatic rings. The van der Waals surface area contributed by atoms with E-state index in [2.05, 4.69) is 73.5 Å². The molecule has 0 aromatic heterocycles. The molecule has 1 saturated heterocycles. The average molecular weight is 550 g/mol. The number of carbonyl (C=O) groups excluding carboxylic acids is 2. The van der Waals surface area contributed by atoms with Crippen LogP contribution in [0.5, 0.6) is 0 Å². The fourth-order valence-electron chi connectivity index (χ4n) is 6.39. The molecule has 2 unspecified atom stereocenters. The standard InChI is InChI=1S/C36H43N3O2/c1-24-16-17-25-11-7-8-14-30(25)32(24)35(41)39-22-10-15-31(33(39)26-18-20-29(21-19-26)38(5)6)34(40)37-28-13-9-12-27(23-28)36(2,3)4/h7-9,11-14,16-18,20-21,23,26,31,33H,10,15,19,22H2,1-6H3,(H,37,40)/t26?,31?,33-/m0/s1. The average Bonchev–Trinajstić information content (AvgIpc) is 2.96. The van der Waals surface area contributed by atoms with E-state index in [1.54, 1.807) is 0 Å². The van der Waals surface area contributed by atoms with Crippen LogP contribution in [0.4, 0.5) is 5.69 Å². The van der Waals surface area contributed by atoms with Crippen LogP contribution in [0.3, 0.4) is 0 Å². The Kier molecular flexibility index (Phi) is 8.08. The van der Waals surface area contributed by atoms with E-state index in [0.29, 0.717) is 6.54 Å². The zero-order valence-electron chi connectivity index (χ0n) is 25.3. The number of fused-ring (bicyclic) bond motifs is 1. The molecule has 5 nitrogen and oxygen atoms in total. The lowest BCUT2D eigenvalue weighted by molar-refractivity contribution is -0.123. The summed E-state index contributed by atoms with van der Waals surface area (Å²) in [5, 5.41) is 5.26. The lowest BCUT2D eigenvalue weighted by Crippen LogP contribution is -2.55. The van der Waals surface area contributed by atoms with Crippen molar-refractivity contribution in [3.05, 3.63) is 101 Å². The Morgan fingerprint density at radius 1 is 1.00 bits per heavy atom. The summed E-state index contributed by atoms with van der Waals surface area (Å²) in [6.07, 6.45) is 8.91. The van der Waals surface area contributed by atoms with Crippen molar-refractivity contribution in [3.63, 3.8) is 0 Å². The maximum Gasteiger partial charge on any atom is 0.255 e. The molecule has 1 aliphatic carbocycles. The molecule has 5 heteroatoms. The minimum Gasteiger partial charge on any atom is -0.378 e. The van der Waals surface area contributed by atoms with Gasteiger partial charge in [0.25, 0.3) is 5.91 Å². The highest BCUT2D eigenvalue weighted by Gasteiger charge is 2.43. The Labute approximate surface area is 244 Å². The molecule has 3 atom stereocenters. The molecule has 0 radical (unpaired) electrons. The molecule has 1 aliphatic heterocycles. The molecule has 1 heterocycles. The number of amides is 2. The van der Waals surface area contributed by atoms with Gasteiger partial charge in [0.05, 0.1) is 17.5 Å². The van der Waals surface area contributed by atoms with E-state index >= 15 is 0 Å². The Balaban J connectivity index is 1.51. The molecule has 2 amide bonds. The summed E-state index contributed by atoms with van der Waals surface area (Å²) >= 11 is 0.